The van der Waals surface area contributed by atoms with E-state index in [-0.39, 0.29) is 0 Å². The average molecular weight is 456 g/mol. The molecule has 0 unspecified atom stereocenters. The summed E-state index contributed by atoms with van der Waals surface area (Å²) in [5.41, 5.74) is 6.45. The van der Waals surface area contributed by atoms with Crippen LogP contribution in [0.4, 0.5) is 0 Å². The standard InChI is InChI=1S/C22H21N3O2S3/c1-22(2,30(3,26)27)18-11-17-8-5-9-23-20(17)19(12-18)16-7-4-6-15(10-16)13-28-21-25-24-14-29-21/h4-12,14H,13H2,1-3H3. The van der Waals surface area contributed by atoms with E-state index in [1.165, 1.54) is 17.6 Å². The van der Waals surface area contributed by atoms with E-state index in [4.69, 9.17) is 0 Å². The van der Waals surface area contributed by atoms with Crippen LogP contribution in [0.1, 0.15) is 25.0 Å². The summed E-state index contributed by atoms with van der Waals surface area (Å²) in [6, 6.07) is 16.0. The predicted molar refractivity (Wildman–Crippen MR) is 125 cm³/mol. The van der Waals surface area contributed by atoms with Gasteiger partial charge in [0, 0.05) is 29.2 Å². The fraction of sp³-hybridized carbons (Fsp3) is 0.227. The highest BCUT2D eigenvalue weighted by atomic mass is 32.2. The first-order valence-electron chi connectivity index (χ1n) is 9.33. The molecule has 0 aliphatic carbocycles. The normalized spacial score (nSPS) is 12.4. The number of rotatable bonds is 6. The van der Waals surface area contributed by atoms with Gasteiger partial charge >= 0.3 is 0 Å². The number of pyridine rings is 1. The van der Waals surface area contributed by atoms with Gasteiger partial charge in [-0.1, -0.05) is 53.4 Å². The number of hydrogen-bond donors (Lipinski definition) is 0. The predicted octanol–water partition coefficient (Wildman–Crippen LogP) is 5.33. The van der Waals surface area contributed by atoms with Crippen LogP contribution in [0.25, 0.3) is 22.0 Å². The molecule has 8 heteroatoms. The molecule has 0 aliphatic heterocycles. The topological polar surface area (TPSA) is 72.8 Å². The Morgan fingerprint density at radius 1 is 1.10 bits per heavy atom. The molecular weight excluding hydrogens is 434 g/mol. The Hall–Kier alpha value is -2.29. The van der Waals surface area contributed by atoms with E-state index in [1.807, 2.05) is 36.4 Å². The van der Waals surface area contributed by atoms with Crippen LogP contribution in [0.5, 0.6) is 0 Å². The lowest BCUT2D eigenvalue weighted by molar-refractivity contribution is 0.561. The Labute approximate surface area is 184 Å². The second-order valence-electron chi connectivity index (χ2n) is 7.58. The number of nitrogens with zero attached hydrogens (tertiary/aromatic N) is 3. The Morgan fingerprint density at radius 2 is 1.93 bits per heavy atom. The van der Waals surface area contributed by atoms with E-state index >= 15 is 0 Å². The lowest BCUT2D eigenvalue weighted by Crippen LogP contribution is -2.28. The van der Waals surface area contributed by atoms with E-state index in [0.29, 0.717) is 0 Å². The zero-order valence-corrected chi connectivity index (χ0v) is 19.3. The Kier molecular flexibility index (Phi) is 5.65. The van der Waals surface area contributed by atoms with Crippen LogP contribution in [0.2, 0.25) is 0 Å². The SMILES string of the molecule is CC(C)(c1cc(-c2cccc(CSc3nncs3)c2)c2ncccc2c1)S(C)(=O)=O. The lowest BCUT2D eigenvalue weighted by Gasteiger charge is -2.24. The summed E-state index contributed by atoms with van der Waals surface area (Å²) in [6.45, 7) is 3.50. The zero-order valence-electron chi connectivity index (χ0n) is 16.9. The summed E-state index contributed by atoms with van der Waals surface area (Å²) >= 11 is 3.17. The van der Waals surface area contributed by atoms with Gasteiger partial charge in [-0.15, -0.1) is 10.2 Å². The van der Waals surface area contributed by atoms with Gasteiger partial charge in [-0.3, -0.25) is 4.98 Å². The second kappa shape index (κ2) is 8.09. The molecule has 0 aliphatic rings. The summed E-state index contributed by atoms with van der Waals surface area (Å²) in [4.78, 5) is 4.59. The first-order chi connectivity index (χ1) is 14.3. The van der Waals surface area contributed by atoms with Crippen LogP contribution >= 0.6 is 23.1 Å². The number of sulfone groups is 1. The molecule has 0 bridgehead atoms. The van der Waals surface area contributed by atoms with Crippen LogP contribution in [-0.4, -0.2) is 29.9 Å². The largest absolute Gasteiger partial charge is 0.256 e. The van der Waals surface area contributed by atoms with Gasteiger partial charge in [0.1, 0.15) is 5.51 Å². The number of hydrogen-bond acceptors (Lipinski definition) is 7. The molecule has 0 fully saturated rings. The Balaban J connectivity index is 1.81. The molecule has 0 atom stereocenters. The van der Waals surface area contributed by atoms with Crippen molar-refractivity contribution in [3.8, 4) is 11.1 Å². The van der Waals surface area contributed by atoms with Crippen LogP contribution in [-0.2, 0) is 20.3 Å². The average Bonchev–Trinajstić information content (AvgIpc) is 3.24. The summed E-state index contributed by atoms with van der Waals surface area (Å²) in [7, 11) is -3.30. The maximum Gasteiger partial charge on any atom is 0.174 e. The van der Waals surface area contributed by atoms with Gasteiger partial charge in [-0.2, -0.15) is 0 Å². The van der Waals surface area contributed by atoms with Crippen molar-refractivity contribution in [3.63, 3.8) is 0 Å². The van der Waals surface area contributed by atoms with Gasteiger partial charge in [0.2, 0.25) is 0 Å². The maximum absolute atomic E-state index is 12.5. The van der Waals surface area contributed by atoms with E-state index in [2.05, 4.69) is 27.3 Å². The monoisotopic (exact) mass is 455 g/mol. The number of benzene rings is 2. The fourth-order valence-electron chi connectivity index (χ4n) is 3.17. The summed E-state index contributed by atoms with van der Waals surface area (Å²) in [5, 5.41) is 8.88. The molecule has 2 aromatic heterocycles. The molecule has 0 saturated heterocycles. The molecule has 0 saturated carbocycles. The minimum atomic E-state index is -3.30. The van der Waals surface area contributed by atoms with Gasteiger partial charge < -0.3 is 0 Å². The van der Waals surface area contributed by atoms with Gasteiger partial charge in [0.15, 0.2) is 14.2 Å². The molecule has 154 valence electrons. The van der Waals surface area contributed by atoms with E-state index < -0.39 is 14.6 Å². The Bertz CT molecular complexity index is 1300. The third-order valence-electron chi connectivity index (χ3n) is 5.27. The highest BCUT2D eigenvalue weighted by Crippen LogP contribution is 2.37. The van der Waals surface area contributed by atoms with Gasteiger partial charge in [-0.05, 0) is 48.7 Å². The van der Waals surface area contributed by atoms with Crippen LogP contribution in [0.15, 0.2) is 64.6 Å². The maximum atomic E-state index is 12.5. The van der Waals surface area contributed by atoms with Crippen LogP contribution in [0.3, 0.4) is 0 Å². The summed E-state index contributed by atoms with van der Waals surface area (Å²) < 4.78 is 24.9. The molecule has 0 N–H and O–H groups in total. The molecule has 30 heavy (non-hydrogen) atoms. The quantitative estimate of drug-likeness (QED) is 0.366. The van der Waals surface area contributed by atoms with E-state index in [0.717, 1.165) is 43.2 Å². The summed E-state index contributed by atoms with van der Waals surface area (Å²) in [5.74, 6) is 0.781. The van der Waals surface area contributed by atoms with Crippen molar-refractivity contribution in [2.75, 3.05) is 6.26 Å². The molecule has 2 heterocycles. The minimum Gasteiger partial charge on any atom is -0.256 e. The molecule has 4 aromatic rings. The fourth-order valence-corrected chi connectivity index (χ4v) is 5.15. The smallest absolute Gasteiger partial charge is 0.174 e. The number of fused-ring (bicyclic) bond motifs is 1. The molecule has 2 aromatic carbocycles. The first kappa shape index (κ1) is 21.0. The molecule has 0 radical (unpaired) electrons. The molecular formula is C22H21N3O2S3. The Morgan fingerprint density at radius 3 is 2.67 bits per heavy atom. The third-order valence-corrected chi connectivity index (χ3v) is 9.29. The molecule has 4 rings (SSSR count). The highest BCUT2D eigenvalue weighted by molar-refractivity contribution is 8.00. The van der Waals surface area contributed by atoms with Crippen molar-refractivity contribution in [1.82, 2.24) is 15.2 Å². The lowest BCUT2D eigenvalue weighted by atomic mass is 9.93. The van der Waals surface area contributed by atoms with Crippen LogP contribution in [0, 0.1) is 0 Å². The van der Waals surface area contributed by atoms with Gasteiger partial charge in [0.25, 0.3) is 0 Å². The van der Waals surface area contributed by atoms with Crippen molar-refractivity contribution >= 4 is 43.8 Å². The van der Waals surface area contributed by atoms with Crippen molar-refractivity contribution in [1.29, 1.82) is 0 Å². The second-order valence-corrected chi connectivity index (χ2v) is 12.2. The van der Waals surface area contributed by atoms with Crippen molar-refractivity contribution in [2.24, 2.45) is 0 Å². The highest BCUT2D eigenvalue weighted by Gasteiger charge is 2.33. The van der Waals surface area contributed by atoms with Gasteiger partial charge in [0.05, 0.1) is 10.3 Å². The van der Waals surface area contributed by atoms with E-state index in [1.54, 1.807) is 37.3 Å². The summed E-state index contributed by atoms with van der Waals surface area (Å²) in [6.07, 6.45) is 3.05. The number of aromatic nitrogens is 3. The third kappa shape index (κ3) is 4.12. The molecule has 0 amide bonds. The molecule has 5 nitrogen and oxygen atoms in total. The van der Waals surface area contributed by atoms with Crippen LogP contribution < -0.4 is 0 Å². The van der Waals surface area contributed by atoms with Crippen molar-refractivity contribution in [3.05, 3.63) is 71.4 Å². The minimum absolute atomic E-state index is 0.758. The van der Waals surface area contributed by atoms with Crippen molar-refractivity contribution in [2.45, 2.75) is 28.7 Å². The van der Waals surface area contributed by atoms with Crippen molar-refractivity contribution < 1.29 is 8.42 Å². The van der Waals surface area contributed by atoms with Gasteiger partial charge in [-0.25, -0.2) is 8.42 Å². The number of thioether (sulfide) groups is 1. The molecule has 0 spiro atoms. The first-order valence-corrected chi connectivity index (χ1v) is 13.1. The zero-order chi connectivity index (χ0) is 21.4. The van der Waals surface area contributed by atoms with E-state index in [9.17, 15) is 8.42 Å².